The highest BCUT2D eigenvalue weighted by molar-refractivity contribution is 9.10. The van der Waals surface area contributed by atoms with E-state index < -0.39 is 6.03 Å². The summed E-state index contributed by atoms with van der Waals surface area (Å²) in [7, 11) is 1.54. The van der Waals surface area contributed by atoms with E-state index in [9.17, 15) is 9.59 Å². The Kier molecular flexibility index (Phi) is 5.07. The van der Waals surface area contributed by atoms with Crippen LogP contribution >= 0.6 is 15.9 Å². The number of amides is 3. The van der Waals surface area contributed by atoms with Crippen molar-refractivity contribution in [1.29, 1.82) is 0 Å². The van der Waals surface area contributed by atoms with Crippen molar-refractivity contribution in [2.45, 2.75) is 13.8 Å². The number of urea groups is 1. The monoisotopic (exact) mass is 368 g/mol. The van der Waals surface area contributed by atoms with Gasteiger partial charge in [-0.1, -0.05) is 0 Å². The van der Waals surface area contributed by atoms with Gasteiger partial charge < -0.3 is 14.8 Å². The molecule has 0 spiro atoms. The first-order valence-electron chi connectivity index (χ1n) is 6.86. The third-order valence-electron chi connectivity index (χ3n) is 3.13. The van der Waals surface area contributed by atoms with E-state index in [1.165, 1.54) is 0 Å². The standard InChI is InChI=1S/C15H17BrN2O4/c1-4-18-14(19)11(17-15(18)20)7-9-6-10(16)13(22-5-2)12(8-9)21-3/h6-8H,4-5H2,1-3H3,(H,17,20)/b11-7+. The molecule has 1 aliphatic heterocycles. The number of rotatable bonds is 5. The van der Waals surface area contributed by atoms with Crippen molar-refractivity contribution in [3.05, 3.63) is 27.9 Å². The Morgan fingerprint density at radius 2 is 2.05 bits per heavy atom. The minimum absolute atomic E-state index is 0.241. The van der Waals surface area contributed by atoms with Crippen LogP contribution < -0.4 is 14.8 Å². The molecular formula is C15H17BrN2O4. The number of hydrogen-bond acceptors (Lipinski definition) is 4. The normalized spacial score (nSPS) is 16.2. The van der Waals surface area contributed by atoms with Gasteiger partial charge in [0.15, 0.2) is 11.5 Å². The molecular weight excluding hydrogens is 352 g/mol. The van der Waals surface area contributed by atoms with Gasteiger partial charge in [0.1, 0.15) is 5.70 Å². The van der Waals surface area contributed by atoms with Crippen LogP contribution in [0.15, 0.2) is 22.3 Å². The van der Waals surface area contributed by atoms with E-state index in [2.05, 4.69) is 21.2 Å². The Balaban J connectivity index is 2.38. The van der Waals surface area contributed by atoms with Crippen LogP contribution in [0.3, 0.4) is 0 Å². The molecule has 1 aromatic carbocycles. The Labute approximate surface area is 137 Å². The molecule has 7 heteroatoms. The summed E-state index contributed by atoms with van der Waals surface area (Å²) in [6.07, 6.45) is 1.61. The van der Waals surface area contributed by atoms with E-state index in [1.54, 1.807) is 32.2 Å². The van der Waals surface area contributed by atoms with Gasteiger partial charge in [-0.15, -0.1) is 0 Å². The lowest BCUT2D eigenvalue weighted by atomic mass is 10.1. The van der Waals surface area contributed by atoms with E-state index in [0.717, 1.165) is 4.90 Å². The van der Waals surface area contributed by atoms with E-state index >= 15 is 0 Å². The molecule has 1 aliphatic rings. The van der Waals surface area contributed by atoms with Gasteiger partial charge in [0.05, 0.1) is 18.2 Å². The number of halogens is 1. The molecule has 0 aromatic heterocycles. The lowest BCUT2D eigenvalue weighted by molar-refractivity contribution is -0.122. The van der Waals surface area contributed by atoms with Crippen molar-refractivity contribution in [2.75, 3.05) is 20.3 Å². The molecule has 0 saturated carbocycles. The second-order valence-corrected chi connectivity index (χ2v) is 5.36. The van der Waals surface area contributed by atoms with Crippen molar-refractivity contribution in [3.8, 4) is 11.5 Å². The van der Waals surface area contributed by atoms with Crippen LogP contribution in [-0.2, 0) is 4.79 Å². The van der Waals surface area contributed by atoms with Gasteiger partial charge in [0.25, 0.3) is 5.91 Å². The number of methoxy groups -OCH3 is 1. The summed E-state index contributed by atoms with van der Waals surface area (Å²) >= 11 is 3.42. The molecule has 1 aromatic rings. The van der Waals surface area contributed by atoms with Crippen molar-refractivity contribution in [2.24, 2.45) is 0 Å². The van der Waals surface area contributed by atoms with Crippen LogP contribution in [-0.4, -0.2) is 37.1 Å². The summed E-state index contributed by atoms with van der Waals surface area (Å²) < 4.78 is 11.5. The first-order chi connectivity index (χ1) is 10.5. The van der Waals surface area contributed by atoms with Crippen molar-refractivity contribution in [3.63, 3.8) is 0 Å². The molecule has 3 amide bonds. The predicted molar refractivity (Wildman–Crippen MR) is 85.8 cm³/mol. The Hall–Kier alpha value is -2.02. The van der Waals surface area contributed by atoms with E-state index in [-0.39, 0.29) is 11.6 Å². The molecule has 22 heavy (non-hydrogen) atoms. The van der Waals surface area contributed by atoms with E-state index in [0.29, 0.717) is 34.7 Å². The highest BCUT2D eigenvalue weighted by atomic mass is 79.9. The van der Waals surface area contributed by atoms with Gasteiger partial charge in [-0.2, -0.15) is 0 Å². The van der Waals surface area contributed by atoms with Gasteiger partial charge in [-0.05, 0) is 53.5 Å². The minimum Gasteiger partial charge on any atom is -0.493 e. The van der Waals surface area contributed by atoms with Gasteiger partial charge in [-0.3, -0.25) is 9.69 Å². The minimum atomic E-state index is -0.407. The van der Waals surface area contributed by atoms with Crippen LogP contribution in [0.4, 0.5) is 4.79 Å². The summed E-state index contributed by atoms with van der Waals surface area (Å²) in [4.78, 5) is 24.9. The molecule has 6 nitrogen and oxygen atoms in total. The number of carbonyl (C=O) groups is 2. The van der Waals surface area contributed by atoms with Gasteiger partial charge in [-0.25, -0.2) is 4.79 Å². The SMILES string of the molecule is CCOc1c(Br)cc(/C=C2/NC(=O)N(CC)C2=O)cc1OC. The number of imide groups is 1. The van der Waals surface area contributed by atoms with Crippen LogP contribution in [0.5, 0.6) is 11.5 Å². The lowest BCUT2D eigenvalue weighted by Crippen LogP contribution is -2.30. The molecule has 1 N–H and O–H groups in total. The number of nitrogens with one attached hydrogen (secondary N) is 1. The summed E-state index contributed by atoms with van der Waals surface area (Å²) in [6.45, 7) is 4.47. The number of likely N-dealkylation sites (N-methyl/N-ethyl adjacent to an activating group) is 1. The zero-order valence-electron chi connectivity index (χ0n) is 12.6. The first-order valence-corrected chi connectivity index (χ1v) is 7.66. The zero-order valence-corrected chi connectivity index (χ0v) is 14.2. The maximum absolute atomic E-state index is 12.1. The maximum Gasteiger partial charge on any atom is 0.328 e. The Bertz CT molecular complexity index is 643. The number of nitrogens with zero attached hydrogens (tertiary/aromatic N) is 1. The number of ether oxygens (including phenoxy) is 2. The second kappa shape index (κ2) is 6.83. The fraction of sp³-hybridized carbons (Fsp3) is 0.333. The largest absolute Gasteiger partial charge is 0.493 e. The highest BCUT2D eigenvalue weighted by Crippen LogP contribution is 2.37. The molecule has 1 saturated heterocycles. The highest BCUT2D eigenvalue weighted by Gasteiger charge is 2.32. The third-order valence-corrected chi connectivity index (χ3v) is 3.72. The second-order valence-electron chi connectivity index (χ2n) is 4.50. The molecule has 1 fully saturated rings. The lowest BCUT2D eigenvalue weighted by Gasteiger charge is -2.12. The van der Waals surface area contributed by atoms with Crippen molar-refractivity contribution in [1.82, 2.24) is 10.2 Å². The summed E-state index contributed by atoms with van der Waals surface area (Å²) in [6, 6.07) is 3.14. The van der Waals surface area contributed by atoms with Crippen molar-refractivity contribution >= 4 is 33.9 Å². The van der Waals surface area contributed by atoms with Gasteiger partial charge in [0, 0.05) is 6.54 Å². The molecule has 0 radical (unpaired) electrons. The average Bonchev–Trinajstić information content (AvgIpc) is 2.75. The molecule has 118 valence electrons. The van der Waals surface area contributed by atoms with Gasteiger partial charge in [0.2, 0.25) is 0 Å². The predicted octanol–water partition coefficient (Wildman–Crippen LogP) is 2.77. The van der Waals surface area contributed by atoms with Crippen LogP contribution in [0.2, 0.25) is 0 Å². The summed E-state index contributed by atoms with van der Waals surface area (Å²) in [5.41, 5.74) is 0.957. The van der Waals surface area contributed by atoms with Crippen LogP contribution in [0.1, 0.15) is 19.4 Å². The smallest absolute Gasteiger partial charge is 0.328 e. The summed E-state index contributed by atoms with van der Waals surface area (Å²) in [5.74, 6) is 0.813. The van der Waals surface area contributed by atoms with Crippen LogP contribution in [0.25, 0.3) is 6.08 Å². The summed E-state index contributed by atoms with van der Waals surface area (Å²) in [5, 5.41) is 2.56. The maximum atomic E-state index is 12.1. The number of hydrogen-bond donors (Lipinski definition) is 1. The molecule has 0 unspecified atom stereocenters. The molecule has 0 atom stereocenters. The fourth-order valence-corrected chi connectivity index (χ4v) is 2.71. The van der Waals surface area contributed by atoms with Crippen LogP contribution in [0, 0.1) is 0 Å². The molecule has 0 bridgehead atoms. The average molecular weight is 369 g/mol. The Morgan fingerprint density at radius 1 is 1.32 bits per heavy atom. The topological polar surface area (TPSA) is 67.9 Å². The van der Waals surface area contributed by atoms with E-state index in [4.69, 9.17) is 9.47 Å². The first kappa shape index (κ1) is 16.4. The fourth-order valence-electron chi connectivity index (χ4n) is 2.13. The zero-order chi connectivity index (χ0) is 16.3. The Morgan fingerprint density at radius 3 is 2.59 bits per heavy atom. The number of carbonyl (C=O) groups excluding carboxylic acids is 2. The van der Waals surface area contributed by atoms with E-state index in [1.807, 2.05) is 6.92 Å². The molecule has 0 aliphatic carbocycles. The third kappa shape index (κ3) is 3.09. The van der Waals surface area contributed by atoms with Crippen molar-refractivity contribution < 1.29 is 19.1 Å². The number of benzene rings is 1. The quantitative estimate of drug-likeness (QED) is 0.640. The molecule has 1 heterocycles. The molecule has 2 rings (SSSR count). The van der Waals surface area contributed by atoms with Gasteiger partial charge >= 0.3 is 6.03 Å².